The number of hydrazone groups is 1. The monoisotopic (exact) mass is 599 g/mol. The molecule has 0 fully saturated rings. The summed E-state index contributed by atoms with van der Waals surface area (Å²) in [5.74, 6) is 2.16. The standard InChI is InChI=1S/C26H23N5O3S.C2HF3O2/c1-17-7-12-24(35(28,33)34)23(14-17)19-8-10-21(11-9-19)31-26(32)22-6-3-13-29-25(22)20-5-2-4-18(15-20)16-30-27;3-2(4,5)1(6)7/h2-16H,27H2,1H3,(H,31,32)(H2,28,33,34);(H,6,7). The molecule has 0 aliphatic rings. The van der Waals surface area contributed by atoms with Crippen molar-refractivity contribution in [3.63, 3.8) is 0 Å². The quantitative estimate of drug-likeness (QED) is 0.143. The Hall–Kier alpha value is -5.08. The molecule has 1 aromatic heterocycles. The molecule has 218 valence electrons. The van der Waals surface area contributed by atoms with Crippen LogP contribution in [0.2, 0.25) is 0 Å². The third kappa shape index (κ3) is 8.22. The Morgan fingerprint density at radius 3 is 2.24 bits per heavy atom. The Kier molecular flexibility index (Phi) is 9.78. The number of sulfonamides is 1. The zero-order valence-corrected chi connectivity index (χ0v) is 22.6. The number of hydrogen-bond acceptors (Lipinski definition) is 7. The molecule has 0 atom stereocenters. The minimum Gasteiger partial charge on any atom is -0.475 e. The molecule has 0 saturated heterocycles. The second-order valence-electron chi connectivity index (χ2n) is 8.68. The average Bonchev–Trinajstić information content (AvgIpc) is 2.93. The molecule has 0 aliphatic carbocycles. The van der Waals surface area contributed by atoms with Gasteiger partial charge in [-0.3, -0.25) is 9.78 Å². The summed E-state index contributed by atoms with van der Waals surface area (Å²) in [5, 5.41) is 18.9. The number of halogens is 3. The fourth-order valence-electron chi connectivity index (χ4n) is 3.72. The first-order chi connectivity index (χ1) is 19.7. The van der Waals surface area contributed by atoms with E-state index in [2.05, 4.69) is 15.4 Å². The molecule has 42 heavy (non-hydrogen) atoms. The van der Waals surface area contributed by atoms with E-state index >= 15 is 0 Å². The van der Waals surface area contributed by atoms with Gasteiger partial charge in [0.2, 0.25) is 10.0 Å². The number of pyridine rings is 1. The smallest absolute Gasteiger partial charge is 0.475 e. The largest absolute Gasteiger partial charge is 0.490 e. The maximum Gasteiger partial charge on any atom is 0.490 e. The van der Waals surface area contributed by atoms with E-state index in [1.165, 1.54) is 12.3 Å². The van der Waals surface area contributed by atoms with Gasteiger partial charge >= 0.3 is 12.1 Å². The molecule has 4 rings (SSSR count). The van der Waals surface area contributed by atoms with Crippen LogP contribution in [0, 0.1) is 6.92 Å². The first-order valence-corrected chi connectivity index (χ1v) is 13.4. The van der Waals surface area contributed by atoms with Crippen LogP contribution >= 0.6 is 0 Å². The Labute approximate surface area is 238 Å². The molecular weight excluding hydrogens is 575 g/mol. The fraction of sp³-hybridized carbons (Fsp3) is 0.0714. The van der Waals surface area contributed by atoms with E-state index in [1.807, 2.05) is 31.2 Å². The molecule has 10 nitrogen and oxygen atoms in total. The number of alkyl halides is 3. The lowest BCUT2D eigenvalue weighted by Gasteiger charge is -2.12. The van der Waals surface area contributed by atoms with Gasteiger partial charge in [0.1, 0.15) is 0 Å². The predicted molar refractivity (Wildman–Crippen MR) is 151 cm³/mol. The third-order valence-electron chi connectivity index (χ3n) is 5.57. The van der Waals surface area contributed by atoms with Gasteiger partial charge < -0.3 is 16.3 Å². The second kappa shape index (κ2) is 13.1. The first-order valence-electron chi connectivity index (χ1n) is 11.8. The molecule has 6 N–H and O–H groups in total. The van der Waals surface area contributed by atoms with Crippen LogP contribution in [0.3, 0.4) is 0 Å². The molecule has 0 saturated carbocycles. The number of benzene rings is 3. The molecule has 0 radical (unpaired) electrons. The van der Waals surface area contributed by atoms with E-state index < -0.39 is 22.2 Å². The molecule has 14 heteroatoms. The summed E-state index contributed by atoms with van der Waals surface area (Å²) < 4.78 is 55.8. The highest BCUT2D eigenvalue weighted by Gasteiger charge is 2.38. The summed E-state index contributed by atoms with van der Waals surface area (Å²) in [6.07, 6.45) is -1.95. The molecule has 1 heterocycles. The lowest BCUT2D eigenvalue weighted by molar-refractivity contribution is -0.192. The maximum atomic E-state index is 13.1. The van der Waals surface area contributed by atoms with E-state index in [0.717, 1.165) is 16.7 Å². The number of hydrogen-bond donors (Lipinski definition) is 4. The van der Waals surface area contributed by atoms with E-state index in [-0.39, 0.29) is 10.8 Å². The highest BCUT2D eigenvalue weighted by molar-refractivity contribution is 7.89. The summed E-state index contributed by atoms with van der Waals surface area (Å²) in [6, 6.07) is 22.6. The normalized spacial score (nSPS) is 11.5. The lowest BCUT2D eigenvalue weighted by Crippen LogP contribution is -2.21. The molecular formula is C28H24F3N5O5S. The zero-order valence-electron chi connectivity index (χ0n) is 21.8. The summed E-state index contributed by atoms with van der Waals surface area (Å²) in [6.45, 7) is 1.87. The third-order valence-corrected chi connectivity index (χ3v) is 6.54. The SMILES string of the molecule is Cc1ccc(S(N)(=O)=O)c(-c2ccc(NC(=O)c3cccnc3-c3cccc(C=NN)c3)cc2)c1.O=C(O)C(F)(F)F. The highest BCUT2D eigenvalue weighted by Crippen LogP contribution is 2.29. The molecule has 1 amide bonds. The maximum absolute atomic E-state index is 13.1. The fourth-order valence-corrected chi connectivity index (χ4v) is 4.46. The number of rotatable bonds is 6. The van der Waals surface area contributed by atoms with Crippen molar-refractivity contribution in [3.8, 4) is 22.4 Å². The molecule has 0 bridgehead atoms. The molecule has 4 aromatic rings. The Morgan fingerprint density at radius 1 is 0.976 bits per heavy atom. The van der Waals surface area contributed by atoms with Crippen LogP contribution in [-0.4, -0.2) is 42.8 Å². The van der Waals surface area contributed by atoms with Crippen molar-refractivity contribution in [2.45, 2.75) is 18.0 Å². The molecule has 3 aromatic carbocycles. The average molecular weight is 600 g/mol. The van der Waals surface area contributed by atoms with Gasteiger partial charge in [0.15, 0.2) is 0 Å². The van der Waals surface area contributed by atoms with Crippen LogP contribution in [0.5, 0.6) is 0 Å². The number of aliphatic carboxylic acids is 1. The van der Waals surface area contributed by atoms with Gasteiger partial charge in [-0.25, -0.2) is 18.4 Å². The minimum absolute atomic E-state index is 0.0433. The number of carboxylic acid groups (broad SMARTS) is 1. The van der Waals surface area contributed by atoms with Crippen molar-refractivity contribution in [2.24, 2.45) is 16.1 Å². The van der Waals surface area contributed by atoms with Gasteiger partial charge in [0.25, 0.3) is 5.91 Å². The Bertz CT molecular complexity index is 1740. The second-order valence-corrected chi connectivity index (χ2v) is 10.2. The number of carbonyl (C=O) groups is 2. The summed E-state index contributed by atoms with van der Waals surface area (Å²) in [5.41, 5.74) is 5.06. The van der Waals surface area contributed by atoms with E-state index in [0.29, 0.717) is 28.1 Å². The predicted octanol–water partition coefficient (Wildman–Crippen LogP) is 4.55. The topological polar surface area (TPSA) is 178 Å². The van der Waals surface area contributed by atoms with Gasteiger partial charge in [-0.1, -0.05) is 48.0 Å². The van der Waals surface area contributed by atoms with Gasteiger partial charge in [-0.15, -0.1) is 0 Å². The number of nitrogens with two attached hydrogens (primary N) is 2. The number of aromatic nitrogens is 1. The van der Waals surface area contributed by atoms with Crippen LogP contribution < -0.4 is 16.3 Å². The highest BCUT2D eigenvalue weighted by atomic mass is 32.2. The lowest BCUT2D eigenvalue weighted by atomic mass is 10.0. The number of nitrogens with zero attached hydrogens (tertiary/aromatic N) is 2. The van der Waals surface area contributed by atoms with E-state index in [9.17, 15) is 26.4 Å². The number of amides is 1. The van der Waals surface area contributed by atoms with Crippen LogP contribution in [0.15, 0.2) is 95.1 Å². The number of anilines is 1. The number of primary sulfonamides is 1. The Morgan fingerprint density at radius 2 is 1.64 bits per heavy atom. The van der Waals surface area contributed by atoms with E-state index in [1.54, 1.807) is 54.7 Å². The molecule has 0 aliphatic heterocycles. The van der Waals surface area contributed by atoms with Gasteiger partial charge in [0, 0.05) is 23.0 Å². The summed E-state index contributed by atoms with van der Waals surface area (Å²) in [4.78, 5) is 26.5. The van der Waals surface area contributed by atoms with Crippen molar-refractivity contribution in [1.82, 2.24) is 4.98 Å². The molecule has 0 spiro atoms. The molecule has 0 unspecified atom stereocenters. The van der Waals surface area contributed by atoms with Crippen molar-refractivity contribution >= 4 is 33.8 Å². The summed E-state index contributed by atoms with van der Waals surface area (Å²) in [7, 11) is -3.89. The number of carboxylic acids is 1. The number of aryl methyl sites for hydroxylation is 1. The van der Waals surface area contributed by atoms with Crippen LogP contribution in [-0.2, 0) is 14.8 Å². The summed E-state index contributed by atoms with van der Waals surface area (Å²) >= 11 is 0. The minimum atomic E-state index is -5.08. The Balaban J connectivity index is 0.000000616. The van der Waals surface area contributed by atoms with Crippen molar-refractivity contribution in [1.29, 1.82) is 0 Å². The van der Waals surface area contributed by atoms with E-state index in [4.69, 9.17) is 20.9 Å². The number of nitrogens with one attached hydrogen (secondary N) is 1. The van der Waals surface area contributed by atoms with Crippen molar-refractivity contribution in [3.05, 3.63) is 102 Å². The zero-order chi connectivity index (χ0) is 31.1. The van der Waals surface area contributed by atoms with Crippen LogP contribution in [0.1, 0.15) is 21.5 Å². The van der Waals surface area contributed by atoms with Crippen LogP contribution in [0.4, 0.5) is 18.9 Å². The van der Waals surface area contributed by atoms with Crippen LogP contribution in [0.25, 0.3) is 22.4 Å². The van der Waals surface area contributed by atoms with Crippen molar-refractivity contribution < 1.29 is 36.3 Å². The first kappa shape index (κ1) is 31.4. The van der Waals surface area contributed by atoms with Gasteiger partial charge in [-0.2, -0.15) is 18.3 Å². The van der Waals surface area contributed by atoms with Gasteiger partial charge in [-0.05, 0) is 54.4 Å². The number of carbonyl (C=O) groups excluding carboxylic acids is 1. The van der Waals surface area contributed by atoms with Crippen molar-refractivity contribution in [2.75, 3.05) is 5.32 Å². The van der Waals surface area contributed by atoms with Gasteiger partial charge in [0.05, 0.1) is 22.4 Å².